The fraction of sp³-hybridized carbons (Fsp3) is 1.00. The molecule has 1 radical (unpaired) electrons. The number of rotatable bonds is 2. The van der Waals surface area contributed by atoms with Gasteiger partial charge in [0.2, 0.25) is 0 Å². The van der Waals surface area contributed by atoms with E-state index in [1.54, 1.807) is 0 Å². The van der Waals surface area contributed by atoms with Crippen LogP contribution in [0.5, 0.6) is 0 Å². The molecule has 0 aromatic rings. The Kier molecular flexibility index (Phi) is 4.59. The lowest BCUT2D eigenvalue weighted by molar-refractivity contribution is 1.02. The molecule has 0 amide bonds. The smallest absolute Gasteiger partial charge is 0.332 e. The normalized spacial score (nSPS) is 7.60. The summed E-state index contributed by atoms with van der Waals surface area (Å²) in [6.07, 6.45) is 0. The van der Waals surface area contributed by atoms with E-state index in [-0.39, 0.29) is 0 Å². The average Bonchev–Trinajstić information content (AvgIpc) is 1.41. The van der Waals surface area contributed by atoms with Gasteiger partial charge in [-0.2, -0.15) is 11.5 Å². The molecule has 0 bridgehead atoms. The summed E-state index contributed by atoms with van der Waals surface area (Å²) in [6, 6.07) is 0. The highest BCUT2D eigenvalue weighted by Crippen LogP contribution is 1.55. The molecule has 0 rings (SSSR count). The molecule has 1 nitrogen and oxygen atoms in total. The van der Waals surface area contributed by atoms with Crippen molar-refractivity contribution in [2.75, 3.05) is 6.54 Å². The Balaban J connectivity index is 2.19. The van der Waals surface area contributed by atoms with Crippen LogP contribution in [0.1, 0.15) is 6.92 Å². The Morgan fingerprint density at radius 1 is 2.00 bits per heavy atom. The maximum atomic E-state index is 5.07. The molecule has 5 heavy (non-hydrogen) atoms. The Hall–Kier alpha value is 0.315. The van der Waals surface area contributed by atoms with Crippen molar-refractivity contribution in [3.8, 4) is 0 Å². The van der Waals surface area contributed by atoms with E-state index in [2.05, 4.69) is 5.23 Å². The van der Waals surface area contributed by atoms with Crippen LogP contribution in [-0.4, -0.2) is 13.4 Å². The Morgan fingerprint density at radius 3 is 2.60 bits per heavy atom. The van der Waals surface area contributed by atoms with Crippen LogP contribution in [0, 0.1) is 0 Å². The molecule has 1 N–H and O–H groups in total. The van der Waals surface area contributed by atoms with E-state index in [0.717, 1.165) is 6.54 Å². The van der Waals surface area contributed by atoms with Gasteiger partial charge in [0.15, 0.2) is 0 Å². The Labute approximate surface area is 37.9 Å². The van der Waals surface area contributed by atoms with Gasteiger partial charge in [0, 0.05) is 0 Å². The fourth-order valence-corrected chi connectivity index (χ4v) is 0.231. The van der Waals surface area contributed by atoms with Crippen LogP contribution in [-0.2, 0) is 0 Å². The molecule has 0 unspecified atom stereocenters. The summed E-state index contributed by atoms with van der Waals surface area (Å²) in [7, 11) is 0. The topological polar surface area (TPSA) is 12.0 Å². The zero-order valence-corrected chi connectivity index (χ0v) is 3.92. The molecule has 0 spiro atoms. The third kappa shape index (κ3) is 4.31. The maximum absolute atomic E-state index is 5.07. The minimum Gasteiger partial charge on any atom is -0.346 e. The minimum atomic E-state index is 0.906. The van der Waals surface area contributed by atoms with Crippen LogP contribution < -0.4 is 5.23 Å². The lowest BCUT2D eigenvalue weighted by Gasteiger charge is -1.81. The van der Waals surface area contributed by atoms with E-state index in [9.17, 15) is 0 Å². The van der Waals surface area contributed by atoms with Gasteiger partial charge in [-0.05, 0) is 6.54 Å². The molecule has 0 fully saturated rings. The molecule has 0 aliphatic rings. The third-order valence-electron chi connectivity index (χ3n) is 0.281. The largest absolute Gasteiger partial charge is 0.346 e. The van der Waals surface area contributed by atoms with Gasteiger partial charge in [0.05, 0.1) is 0 Å². The molecule has 29 valence electrons. The van der Waals surface area contributed by atoms with E-state index in [1.807, 2.05) is 6.92 Å². The van der Waals surface area contributed by atoms with E-state index < -0.39 is 0 Å². The monoisotopic (exact) mass is 90.0 g/mol. The second-order valence-electron chi connectivity index (χ2n) is 0.667. The molecule has 0 aromatic carbocycles. The third-order valence-corrected chi connectivity index (χ3v) is 0.436. The number of hydrogen-bond acceptors (Lipinski definition) is 1. The standard InChI is InChI=1S/C2H6BClN/c1-2-5-3-4/h5H,2H2,1H3. The van der Waals surface area contributed by atoms with Crippen molar-refractivity contribution in [1.29, 1.82) is 0 Å². The summed E-state index contributed by atoms with van der Waals surface area (Å²) >= 11 is 5.07. The van der Waals surface area contributed by atoms with Crippen molar-refractivity contribution < 1.29 is 0 Å². The van der Waals surface area contributed by atoms with Crippen molar-refractivity contribution >= 4 is 18.3 Å². The molecule has 0 saturated heterocycles. The molecule has 0 aliphatic heterocycles. The van der Waals surface area contributed by atoms with Crippen LogP contribution >= 0.6 is 11.5 Å². The quantitative estimate of drug-likeness (QED) is 0.483. The Bertz CT molecular complexity index is 17.1. The molecule has 3 heteroatoms. The molecule has 0 saturated carbocycles. The first-order chi connectivity index (χ1) is 2.41. The SMILES string of the molecule is CCN[B]Cl. The van der Waals surface area contributed by atoms with Crippen molar-refractivity contribution in [3.05, 3.63) is 0 Å². The first-order valence-electron chi connectivity index (χ1n) is 1.57. The summed E-state index contributed by atoms with van der Waals surface area (Å²) in [5.41, 5.74) is 0. The highest BCUT2D eigenvalue weighted by molar-refractivity contribution is 6.92. The van der Waals surface area contributed by atoms with Gasteiger partial charge in [-0.15, -0.1) is 0 Å². The van der Waals surface area contributed by atoms with E-state index in [1.165, 1.54) is 6.83 Å². The zero-order chi connectivity index (χ0) is 4.12. The fourth-order valence-electron chi connectivity index (χ4n) is 0.0772. The van der Waals surface area contributed by atoms with Crippen LogP contribution in [0.4, 0.5) is 0 Å². The van der Waals surface area contributed by atoms with E-state index in [4.69, 9.17) is 11.5 Å². The summed E-state index contributed by atoms with van der Waals surface area (Å²) in [4.78, 5) is 0. The molecule has 0 aliphatic carbocycles. The average molecular weight is 90.3 g/mol. The number of hydrogen-bond donors (Lipinski definition) is 1. The van der Waals surface area contributed by atoms with E-state index >= 15 is 0 Å². The van der Waals surface area contributed by atoms with Crippen molar-refractivity contribution in [2.24, 2.45) is 0 Å². The van der Waals surface area contributed by atoms with Crippen molar-refractivity contribution in [3.63, 3.8) is 0 Å². The summed E-state index contributed by atoms with van der Waals surface area (Å²) in [6.45, 7) is 4.29. The first kappa shape index (κ1) is 5.31. The highest BCUT2D eigenvalue weighted by atomic mass is 35.5. The van der Waals surface area contributed by atoms with Gasteiger partial charge in [-0.3, -0.25) is 0 Å². The van der Waals surface area contributed by atoms with Crippen LogP contribution in [0.3, 0.4) is 0 Å². The predicted octanol–water partition coefficient (Wildman–Crippen LogP) is 0.369. The molecule has 0 atom stereocenters. The predicted molar refractivity (Wildman–Crippen MR) is 25.3 cm³/mol. The molecular formula is C2H6BClN. The van der Waals surface area contributed by atoms with Crippen molar-refractivity contribution in [1.82, 2.24) is 5.23 Å². The highest BCUT2D eigenvalue weighted by Gasteiger charge is 1.71. The minimum absolute atomic E-state index is 0.906. The summed E-state index contributed by atoms with van der Waals surface area (Å²) in [5, 5.41) is 2.75. The lowest BCUT2D eigenvalue weighted by Crippen LogP contribution is -2.11. The maximum Gasteiger partial charge on any atom is 0.332 e. The first-order valence-corrected chi connectivity index (χ1v) is 2.00. The number of nitrogens with one attached hydrogen (secondary N) is 1. The summed E-state index contributed by atoms with van der Waals surface area (Å²) < 4.78 is 0. The van der Waals surface area contributed by atoms with Gasteiger partial charge >= 0.3 is 6.83 Å². The lowest BCUT2D eigenvalue weighted by atomic mass is 10.4. The number of halogens is 1. The van der Waals surface area contributed by atoms with Crippen LogP contribution in [0.2, 0.25) is 0 Å². The van der Waals surface area contributed by atoms with Gasteiger partial charge < -0.3 is 5.23 Å². The molecule has 0 heterocycles. The molecular weight excluding hydrogens is 84.3 g/mol. The molecule has 0 aromatic heterocycles. The second kappa shape index (κ2) is 4.31. The van der Waals surface area contributed by atoms with Gasteiger partial charge in [-0.25, -0.2) is 0 Å². The van der Waals surface area contributed by atoms with Crippen molar-refractivity contribution in [2.45, 2.75) is 6.92 Å². The summed E-state index contributed by atoms with van der Waals surface area (Å²) in [5.74, 6) is 0. The zero-order valence-electron chi connectivity index (χ0n) is 3.16. The van der Waals surface area contributed by atoms with Crippen LogP contribution in [0.15, 0.2) is 0 Å². The van der Waals surface area contributed by atoms with Crippen LogP contribution in [0.25, 0.3) is 0 Å². The second-order valence-corrected chi connectivity index (χ2v) is 0.885. The van der Waals surface area contributed by atoms with Gasteiger partial charge in [0.25, 0.3) is 0 Å². The van der Waals surface area contributed by atoms with Gasteiger partial charge in [-0.1, -0.05) is 6.92 Å². The Morgan fingerprint density at radius 2 is 2.60 bits per heavy atom. The van der Waals surface area contributed by atoms with Gasteiger partial charge in [0.1, 0.15) is 0 Å². The van der Waals surface area contributed by atoms with E-state index in [0.29, 0.717) is 0 Å².